The molecule has 0 aliphatic heterocycles. The van der Waals surface area contributed by atoms with Gasteiger partial charge in [0.1, 0.15) is 16.6 Å². The maximum Gasteiger partial charge on any atom is 0.226 e. The average molecular weight is 453 g/mol. The lowest BCUT2D eigenvalue weighted by Gasteiger charge is -2.18. The molecule has 2 heterocycles. The number of hydrogen-bond donors (Lipinski definition) is 1. The van der Waals surface area contributed by atoms with E-state index in [1.165, 1.54) is 23.5 Å². The van der Waals surface area contributed by atoms with Gasteiger partial charge in [0.2, 0.25) is 5.91 Å². The van der Waals surface area contributed by atoms with E-state index in [-0.39, 0.29) is 24.2 Å². The van der Waals surface area contributed by atoms with Gasteiger partial charge in [-0.1, -0.05) is 30.3 Å². The summed E-state index contributed by atoms with van der Waals surface area (Å²) in [5.74, 6) is 0.337. The molecule has 0 bridgehead atoms. The van der Waals surface area contributed by atoms with Gasteiger partial charge in [-0.15, -0.1) is 22.7 Å². The Hall–Kier alpha value is -3.03. The zero-order chi connectivity index (χ0) is 21.6. The summed E-state index contributed by atoms with van der Waals surface area (Å²) in [6.07, 6.45) is 0.163. The molecule has 1 unspecified atom stereocenters. The standard InChI is InChI=1S/C24H21FN2O2S2/c1-2-29-20-7-4-3-6-19(20)24-26-18(15-31-24)14-22(28)27-23(21-8-5-13-30-21)16-9-11-17(25)12-10-16/h3-13,15,23H,2,14H2,1H3,(H,27,28). The van der Waals surface area contributed by atoms with Crippen LogP contribution in [0.5, 0.6) is 5.75 Å². The van der Waals surface area contributed by atoms with Crippen LogP contribution in [0.25, 0.3) is 10.6 Å². The van der Waals surface area contributed by atoms with Crippen LogP contribution in [0, 0.1) is 5.82 Å². The molecule has 2 aromatic heterocycles. The number of para-hydroxylation sites is 1. The van der Waals surface area contributed by atoms with Crippen LogP contribution in [-0.2, 0) is 11.2 Å². The third kappa shape index (κ3) is 5.18. The molecule has 158 valence electrons. The number of thiazole rings is 1. The molecule has 7 heteroatoms. The van der Waals surface area contributed by atoms with Gasteiger partial charge in [0.25, 0.3) is 0 Å². The Bertz CT molecular complexity index is 1140. The summed E-state index contributed by atoms with van der Waals surface area (Å²) < 4.78 is 19.1. The van der Waals surface area contributed by atoms with Crippen LogP contribution in [0.1, 0.15) is 29.1 Å². The van der Waals surface area contributed by atoms with Crippen LogP contribution < -0.4 is 10.1 Å². The summed E-state index contributed by atoms with van der Waals surface area (Å²) >= 11 is 3.04. The van der Waals surface area contributed by atoms with Gasteiger partial charge in [-0.2, -0.15) is 0 Å². The molecule has 4 nitrogen and oxygen atoms in total. The Labute approximate surface area is 188 Å². The number of benzene rings is 2. The van der Waals surface area contributed by atoms with Crippen molar-refractivity contribution in [2.24, 2.45) is 0 Å². The monoisotopic (exact) mass is 452 g/mol. The van der Waals surface area contributed by atoms with Gasteiger partial charge in [-0.3, -0.25) is 4.79 Å². The van der Waals surface area contributed by atoms with Crippen LogP contribution in [0.3, 0.4) is 0 Å². The molecule has 0 saturated heterocycles. The molecule has 0 aliphatic carbocycles. The summed E-state index contributed by atoms with van der Waals surface area (Å²) in [7, 11) is 0. The van der Waals surface area contributed by atoms with E-state index >= 15 is 0 Å². The number of carbonyl (C=O) groups excluding carboxylic acids is 1. The number of hydrogen-bond acceptors (Lipinski definition) is 5. The minimum atomic E-state index is -0.329. The predicted molar refractivity (Wildman–Crippen MR) is 123 cm³/mol. The fourth-order valence-corrected chi connectivity index (χ4v) is 4.89. The van der Waals surface area contributed by atoms with Crippen molar-refractivity contribution in [1.82, 2.24) is 10.3 Å². The molecule has 0 spiro atoms. The third-order valence-electron chi connectivity index (χ3n) is 4.65. The molecule has 31 heavy (non-hydrogen) atoms. The molecule has 0 fully saturated rings. The van der Waals surface area contributed by atoms with Crippen molar-refractivity contribution in [1.29, 1.82) is 0 Å². The number of nitrogens with one attached hydrogen (secondary N) is 1. The lowest BCUT2D eigenvalue weighted by Crippen LogP contribution is -2.30. The fraction of sp³-hybridized carbons (Fsp3) is 0.167. The maximum atomic E-state index is 13.4. The molecule has 1 atom stereocenters. The van der Waals surface area contributed by atoms with Gasteiger partial charge in [-0.05, 0) is 48.2 Å². The van der Waals surface area contributed by atoms with Crippen LogP contribution in [-0.4, -0.2) is 17.5 Å². The highest BCUT2D eigenvalue weighted by atomic mass is 32.1. The van der Waals surface area contributed by atoms with Crippen LogP contribution >= 0.6 is 22.7 Å². The molecule has 0 radical (unpaired) electrons. The highest BCUT2D eigenvalue weighted by Crippen LogP contribution is 2.32. The highest BCUT2D eigenvalue weighted by molar-refractivity contribution is 7.13. The van der Waals surface area contributed by atoms with Crippen LogP contribution in [0.2, 0.25) is 0 Å². The van der Waals surface area contributed by atoms with E-state index in [0.29, 0.717) is 12.3 Å². The van der Waals surface area contributed by atoms with E-state index in [4.69, 9.17) is 4.74 Å². The summed E-state index contributed by atoms with van der Waals surface area (Å²) in [5.41, 5.74) is 2.46. The van der Waals surface area contributed by atoms with Crippen molar-refractivity contribution in [3.05, 3.63) is 93.4 Å². The second-order valence-electron chi connectivity index (χ2n) is 6.82. The SMILES string of the molecule is CCOc1ccccc1-c1nc(CC(=O)NC(c2ccc(F)cc2)c2cccs2)cs1. The van der Waals surface area contributed by atoms with E-state index in [2.05, 4.69) is 10.3 Å². The third-order valence-corrected chi connectivity index (χ3v) is 6.51. The Morgan fingerprint density at radius 2 is 1.90 bits per heavy atom. The Morgan fingerprint density at radius 3 is 2.65 bits per heavy atom. The minimum Gasteiger partial charge on any atom is -0.493 e. The molecule has 0 saturated carbocycles. The molecule has 0 aliphatic rings. The first-order valence-electron chi connectivity index (χ1n) is 9.89. The zero-order valence-electron chi connectivity index (χ0n) is 16.9. The van der Waals surface area contributed by atoms with Crippen molar-refractivity contribution < 1.29 is 13.9 Å². The predicted octanol–water partition coefficient (Wildman–Crippen LogP) is 5.86. The first-order valence-corrected chi connectivity index (χ1v) is 11.6. The van der Waals surface area contributed by atoms with Crippen molar-refractivity contribution in [3.8, 4) is 16.3 Å². The van der Waals surface area contributed by atoms with Crippen molar-refractivity contribution in [2.75, 3.05) is 6.61 Å². The average Bonchev–Trinajstić information content (AvgIpc) is 3.46. The number of amides is 1. The van der Waals surface area contributed by atoms with Crippen molar-refractivity contribution in [3.63, 3.8) is 0 Å². The maximum absolute atomic E-state index is 13.4. The molecular formula is C24H21FN2O2S2. The molecular weight excluding hydrogens is 431 g/mol. The van der Waals surface area contributed by atoms with E-state index in [1.807, 2.05) is 54.1 Å². The molecule has 2 aromatic carbocycles. The van der Waals surface area contributed by atoms with Gasteiger partial charge in [0, 0.05) is 10.3 Å². The quantitative estimate of drug-likeness (QED) is 0.364. The normalized spacial score (nSPS) is 11.8. The number of thiophene rings is 1. The second kappa shape index (κ2) is 9.85. The lowest BCUT2D eigenvalue weighted by atomic mass is 10.0. The fourth-order valence-electron chi connectivity index (χ4n) is 3.24. The van der Waals surface area contributed by atoms with Crippen molar-refractivity contribution >= 4 is 28.6 Å². The number of halogens is 1. The second-order valence-corrected chi connectivity index (χ2v) is 8.65. The van der Waals surface area contributed by atoms with Crippen LogP contribution in [0.15, 0.2) is 71.4 Å². The van der Waals surface area contributed by atoms with Gasteiger partial charge in [0.15, 0.2) is 0 Å². The van der Waals surface area contributed by atoms with E-state index in [1.54, 1.807) is 23.5 Å². The van der Waals surface area contributed by atoms with Gasteiger partial charge >= 0.3 is 0 Å². The number of rotatable bonds is 8. The lowest BCUT2D eigenvalue weighted by molar-refractivity contribution is -0.120. The van der Waals surface area contributed by atoms with Crippen molar-refractivity contribution in [2.45, 2.75) is 19.4 Å². The number of aromatic nitrogens is 1. The topological polar surface area (TPSA) is 51.2 Å². The number of carbonyl (C=O) groups is 1. The molecule has 4 rings (SSSR count). The van der Waals surface area contributed by atoms with E-state index in [9.17, 15) is 9.18 Å². The summed E-state index contributed by atoms with van der Waals surface area (Å²) in [6, 6.07) is 17.5. The molecule has 1 N–H and O–H groups in total. The Balaban J connectivity index is 1.50. The summed E-state index contributed by atoms with van der Waals surface area (Å²) in [4.78, 5) is 18.5. The number of nitrogens with zero attached hydrogens (tertiary/aromatic N) is 1. The Morgan fingerprint density at radius 1 is 1.10 bits per heavy atom. The molecule has 1 amide bonds. The van der Waals surface area contributed by atoms with Crippen LogP contribution in [0.4, 0.5) is 4.39 Å². The van der Waals surface area contributed by atoms with E-state index < -0.39 is 0 Å². The first-order chi connectivity index (χ1) is 15.1. The molecule has 4 aromatic rings. The van der Waals surface area contributed by atoms with Gasteiger partial charge in [-0.25, -0.2) is 9.37 Å². The van der Waals surface area contributed by atoms with Gasteiger partial charge in [0.05, 0.1) is 30.3 Å². The highest BCUT2D eigenvalue weighted by Gasteiger charge is 2.19. The first kappa shape index (κ1) is 21.2. The minimum absolute atomic E-state index is 0.141. The Kier molecular flexibility index (Phi) is 6.74. The largest absolute Gasteiger partial charge is 0.493 e. The smallest absolute Gasteiger partial charge is 0.226 e. The summed E-state index contributed by atoms with van der Waals surface area (Å²) in [6.45, 7) is 2.52. The number of ether oxygens (including phenoxy) is 1. The van der Waals surface area contributed by atoms with Gasteiger partial charge < -0.3 is 10.1 Å². The van der Waals surface area contributed by atoms with E-state index in [0.717, 1.165) is 26.8 Å². The summed E-state index contributed by atoms with van der Waals surface area (Å²) in [5, 5.41) is 7.75. The zero-order valence-corrected chi connectivity index (χ0v) is 18.5.